The zero-order valence-electron chi connectivity index (χ0n) is 22.2. The largest absolute Gasteiger partial charge is 0.508 e. The summed E-state index contributed by atoms with van der Waals surface area (Å²) in [6, 6.07) is 14.4. The molecule has 4 aromatic rings. The molecule has 3 aliphatic heterocycles. The number of halogens is 2. The molecule has 2 N–H and O–H groups in total. The summed E-state index contributed by atoms with van der Waals surface area (Å²) < 4.78 is 42.4. The Morgan fingerprint density at radius 1 is 1.05 bits per heavy atom. The van der Waals surface area contributed by atoms with E-state index in [0.29, 0.717) is 48.5 Å². The Bertz CT molecular complexity index is 1560. The normalized spacial score (nSPS) is 25.1. The second-order valence-corrected chi connectivity index (χ2v) is 11.0. The van der Waals surface area contributed by atoms with Crippen molar-refractivity contribution in [3.63, 3.8) is 0 Å². The lowest BCUT2D eigenvalue weighted by molar-refractivity contribution is 0.0523. The third kappa shape index (κ3) is 4.40. The Morgan fingerprint density at radius 2 is 1.85 bits per heavy atom. The molecular formula is C30H31F2N5O3. The number of phenolic OH excluding ortho intramolecular Hbond substituents is 1. The summed E-state index contributed by atoms with van der Waals surface area (Å²) in [4.78, 5) is 13.5. The van der Waals surface area contributed by atoms with E-state index in [9.17, 15) is 9.50 Å². The first-order valence-corrected chi connectivity index (χ1v) is 13.7. The second-order valence-electron chi connectivity index (χ2n) is 11.0. The van der Waals surface area contributed by atoms with Crippen LogP contribution in [0, 0.1) is 5.82 Å². The van der Waals surface area contributed by atoms with Crippen molar-refractivity contribution in [1.29, 1.82) is 0 Å². The Morgan fingerprint density at radius 3 is 2.62 bits per heavy atom. The number of nitrogens with one attached hydrogen (secondary N) is 1. The Balaban J connectivity index is 1.37. The van der Waals surface area contributed by atoms with Crippen LogP contribution in [-0.4, -0.2) is 90.8 Å². The van der Waals surface area contributed by atoms with Crippen LogP contribution in [0.15, 0.2) is 48.5 Å². The maximum Gasteiger partial charge on any atom is 0.319 e. The number of hydrogen-bond donors (Lipinski definition) is 2. The van der Waals surface area contributed by atoms with Crippen molar-refractivity contribution in [3.05, 3.63) is 54.3 Å². The average Bonchev–Trinajstić information content (AvgIpc) is 3.27. The minimum Gasteiger partial charge on any atom is -0.508 e. The molecule has 4 atom stereocenters. The van der Waals surface area contributed by atoms with Crippen LogP contribution in [-0.2, 0) is 4.74 Å². The van der Waals surface area contributed by atoms with E-state index in [0.717, 1.165) is 23.9 Å². The Hall–Kier alpha value is -3.60. The molecule has 10 heteroatoms. The van der Waals surface area contributed by atoms with E-state index in [2.05, 4.69) is 15.2 Å². The van der Waals surface area contributed by atoms with Crippen molar-refractivity contribution in [2.24, 2.45) is 0 Å². The molecule has 208 valence electrons. The maximum atomic E-state index is 16.5. The zero-order chi connectivity index (χ0) is 27.4. The standard InChI is InChI=1S/C30H31F2N5O3/c1-36-13-18(31)9-19(36)16-40-30-34-28-25(29(35-30)37-20-11-33-12-21(37)15-39-14-20)7-6-24(27(28)32)26-10-22(38)8-17-4-2-3-5-23(17)26/h2-8,10,18-21,33,38H,9,11-16H2,1H3/t18-,19+,20-,21+/m1/s1. The number of piperazine rings is 1. The highest BCUT2D eigenvalue weighted by molar-refractivity contribution is 6.01. The third-order valence-corrected chi connectivity index (χ3v) is 8.36. The summed E-state index contributed by atoms with van der Waals surface area (Å²) in [5, 5.41) is 16.1. The first kappa shape index (κ1) is 25.4. The van der Waals surface area contributed by atoms with Gasteiger partial charge >= 0.3 is 6.01 Å². The van der Waals surface area contributed by atoms with Crippen LogP contribution >= 0.6 is 0 Å². The van der Waals surface area contributed by atoms with Crippen LogP contribution in [0.1, 0.15) is 6.42 Å². The highest BCUT2D eigenvalue weighted by Gasteiger charge is 2.37. The van der Waals surface area contributed by atoms with Gasteiger partial charge in [0.15, 0.2) is 5.82 Å². The predicted octanol–water partition coefficient (Wildman–Crippen LogP) is 3.89. The molecule has 3 saturated heterocycles. The Labute approximate surface area is 230 Å². The number of likely N-dealkylation sites (tertiary alicyclic amines) is 1. The van der Waals surface area contributed by atoms with Gasteiger partial charge in [-0.2, -0.15) is 9.97 Å². The molecule has 0 aliphatic carbocycles. The number of ether oxygens (including phenoxy) is 2. The number of aromatic hydroxyl groups is 1. The first-order valence-electron chi connectivity index (χ1n) is 13.7. The van der Waals surface area contributed by atoms with Gasteiger partial charge in [0.1, 0.15) is 29.9 Å². The third-order valence-electron chi connectivity index (χ3n) is 8.36. The van der Waals surface area contributed by atoms with E-state index in [4.69, 9.17) is 14.5 Å². The van der Waals surface area contributed by atoms with E-state index in [1.807, 2.05) is 42.3 Å². The van der Waals surface area contributed by atoms with Gasteiger partial charge in [-0.05, 0) is 48.0 Å². The lowest BCUT2D eigenvalue weighted by Gasteiger charge is -2.47. The molecule has 3 aliphatic rings. The van der Waals surface area contributed by atoms with Crippen molar-refractivity contribution in [1.82, 2.24) is 20.2 Å². The molecule has 3 aromatic carbocycles. The van der Waals surface area contributed by atoms with E-state index in [-0.39, 0.29) is 42.0 Å². The molecule has 0 saturated carbocycles. The van der Waals surface area contributed by atoms with Crippen molar-refractivity contribution < 1.29 is 23.4 Å². The molecule has 40 heavy (non-hydrogen) atoms. The van der Waals surface area contributed by atoms with Crippen LogP contribution in [0.5, 0.6) is 11.8 Å². The van der Waals surface area contributed by atoms with Crippen molar-refractivity contribution in [2.75, 3.05) is 51.4 Å². The van der Waals surface area contributed by atoms with Gasteiger partial charge in [-0.3, -0.25) is 4.90 Å². The monoisotopic (exact) mass is 547 g/mol. The second kappa shape index (κ2) is 10.1. The van der Waals surface area contributed by atoms with Crippen molar-refractivity contribution >= 4 is 27.5 Å². The SMILES string of the molecule is CN1C[C@H](F)C[C@H]1COc1nc(N2[C@@H]3CNC[C@H]2COC3)c2ccc(-c3cc(O)cc4ccccc34)c(F)c2n1. The van der Waals surface area contributed by atoms with Crippen LogP contribution < -0.4 is 15.0 Å². The van der Waals surface area contributed by atoms with Gasteiger partial charge in [0, 0.05) is 36.6 Å². The van der Waals surface area contributed by atoms with Crippen molar-refractivity contribution in [2.45, 2.75) is 30.7 Å². The van der Waals surface area contributed by atoms with Gasteiger partial charge in [-0.25, -0.2) is 8.78 Å². The number of morpholine rings is 1. The molecule has 0 amide bonds. The number of phenols is 1. The quantitative estimate of drug-likeness (QED) is 0.390. The molecule has 7 rings (SSSR count). The summed E-state index contributed by atoms with van der Waals surface area (Å²) in [5.41, 5.74) is 1.05. The summed E-state index contributed by atoms with van der Waals surface area (Å²) in [6.07, 6.45) is -0.525. The molecule has 0 unspecified atom stereocenters. The summed E-state index contributed by atoms with van der Waals surface area (Å²) >= 11 is 0. The molecule has 8 nitrogen and oxygen atoms in total. The topological polar surface area (TPSA) is 83.0 Å². The number of likely N-dealkylation sites (N-methyl/N-ethyl adjacent to an activating group) is 1. The summed E-state index contributed by atoms with van der Waals surface area (Å²) in [7, 11) is 1.87. The number of rotatable bonds is 5. The number of fused-ring (bicyclic) bond motifs is 4. The highest BCUT2D eigenvalue weighted by Crippen LogP contribution is 2.39. The van der Waals surface area contributed by atoms with E-state index < -0.39 is 12.0 Å². The molecule has 0 spiro atoms. The molecular weight excluding hydrogens is 516 g/mol. The van der Waals surface area contributed by atoms with E-state index >= 15 is 4.39 Å². The van der Waals surface area contributed by atoms with Gasteiger partial charge in [0.05, 0.1) is 25.3 Å². The smallest absolute Gasteiger partial charge is 0.319 e. The number of alkyl halides is 1. The molecule has 1 aromatic heterocycles. The van der Waals surface area contributed by atoms with Crippen LogP contribution in [0.4, 0.5) is 14.6 Å². The molecule has 4 heterocycles. The van der Waals surface area contributed by atoms with Crippen molar-refractivity contribution in [3.8, 4) is 22.9 Å². The van der Waals surface area contributed by atoms with E-state index in [1.54, 1.807) is 18.2 Å². The van der Waals surface area contributed by atoms with Gasteiger partial charge < -0.3 is 24.8 Å². The fraction of sp³-hybridized carbons (Fsp3) is 0.400. The fourth-order valence-electron chi connectivity index (χ4n) is 6.37. The van der Waals surface area contributed by atoms with Gasteiger partial charge in [0.25, 0.3) is 0 Å². The Kier molecular flexibility index (Phi) is 6.41. The minimum atomic E-state index is -0.899. The van der Waals surface area contributed by atoms with Crippen LogP contribution in [0.2, 0.25) is 0 Å². The van der Waals surface area contributed by atoms with Crippen LogP contribution in [0.25, 0.3) is 32.8 Å². The van der Waals surface area contributed by atoms with E-state index in [1.165, 1.54) is 0 Å². The highest BCUT2D eigenvalue weighted by atomic mass is 19.1. The fourth-order valence-corrected chi connectivity index (χ4v) is 6.37. The van der Waals surface area contributed by atoms with Gasteiger partial charge in [0.2, 0.25) is 0 Å². The lowest BCUT2D eigenvalue weighted by Crippen LogP contribution is -2.64. The average molecular weight is 548 g/mol. The first-order chi connectivity index (χ1) is 19.5. The van der Waals surface area contributed by atoms with Gasteiger partial charge in [-0.15, -0.1) is 0 Å². The summed E-state index contributed by atoms with van der Waals surface area (Å²) in [6.45, 7) is 3.07. The molecule has 2 bridgehead atoms. The number of aromatic nitrogens is 2. The minimum absolute atomic E-state index is 0.0319. The number of hydrogen-bond acceptors (Lipinski definition) is 8. The molecule has 0 radical (unpaired) electrons. The van der Waals surface area contributed by atoms with Gasteiger partial charge in [-0.1, -0.05) is 30.3 Å². The number of anilines is 1. The maximum absolute atomic E-state index is 16.5. The number of benzene rings is 3. The zero-order valence-corrected chi connectivity index (χ0v) is 22.2. The van der Waals surface area contributed by atoms with Crippen LogP contribution in [0.3, 0.4) is 0 Å². The number of nitrogens with zero attached hydrogens (tertiary/aromatic N) is 4. The lowest BCUT2D eigenvalue weighted by atomic mass is 9.96. The molecule has 3 fully saturated rings. The summed E-state index contributed by atoms with van der Waals surface area (Å²) in [5.74, 6) is 0.148. The predicted molar refractivity (Wildman–Crippen MR) is 149 cm³/mol.